The van der Waals surface area contributed by atoms with Crippen molar-refractivity contribution in [2.24, 2.45) is 5.92 Å². The van der Waals surface area contributed by atoms with Crippen LogP contribution in [0.25, 0.3) is 0 Å². The van der Waals surface area contributed by atoms with Crippen molar-refractivity contribution in [3.05, 3.63) is 29.8 Å². The lowest BCUT2D eigenvalue weighted by Crippen LogP contribution is -2.14. The first kappa shape index (κ1) is 13.1. The zero-order chi connectivity index (χ0) is 13.1. The second kappa shape index (κ2) is 5.57. The first-order chi connectivity index (χ1) is 8.61. The van der Waals surface area contributed by atoms with E-state index in [4.69, 9.17) is 0 Å². The van der Waals surface area contributed by atoms with Crippen molar-refractivity contribution in [1.82, 2.24) is 0 Å². The number of benzene rings is 1. The molecule has 1 aromatic rings. The lowest BCUT2D eigenvalue weighted by atomic mass is 10.1. The molecule has 1 aliphatic carbocycles. The fourth-order valence-corrected chi connectivity index (χ4v) is 2.59. The summed E-state index contributed by atoms with van der Waals surface area (Å²) in [6, 6.07) is 7.46. The zero-order valence-electron chi connectivity index (χ0n) is 10.5. The molecule has 0 heterocycles. The number of hydrogen-bond acceptors (Lipinski definition) is 4. The van der Waals surface area contributed by atoms with Crippen LogP contribution in [-0.2, 0) is 9.53 Å². The summed E-state index contributed by atoms with van der Waals surface area (Å²) in [5.41, 5.74) is 0.771. The second-order valence-corrected chi connectivity index (χ2v) is 5.86. The summed E-state index contributed by atoms with van der Waals surface area (Å²) >= 11 is 1.43. The van der Waals surface area contributed by atoms with E-state index in [0.717, 1.165) is 23.3 Å². The van der Waals surface area contributed by atoms with Crippen molar-refractivity contribution in [2.45, 2.75) is 29.9 Å². The molecule has 1 atom stereocenters. The minimum atomic E-state index is -0.238. The standard InChI is InChI=1S/C14H16O3S/c1-9(14(16)17-2)18-12-7-5-11(6-8-12)13(15)10-3-4-10/h5-10H,3-4H2,1-2H3. The maximum Gasteiger partial charge on any atom is 0.318 e. The van der Waals surface area contributed by atoms with Crippen LogP contribution in [0.5, 0.6) is 0 Å². The van der Waals surface area contributed by atoms with Crippen molar-refractivity contribution < 1.29 is 14.3 Å². The van der Waals surface area contributed by atoms with Crippen LogP contribution in [0.4, 0.5) is 0 Å². The molecule has 4 heteroatoms. The highest BCUT2D eigenvalue weighted by molar-refractivity contribution is 8.00. The molecule has 0 spiro atoms. The third-order valence-corrected chi connectivity index (χ3v) is 4.02. The zero-order valence-corrected chi connectivity index (χ0v) is 11.3. The number of Topliss-reactive ketones (excluding diaryl/α,β-unsaturated/α-hetero) is 1. The van der Waals surface area contributed by atoms with Gasteiger partial charge in [-0.1, -0.05) is 12.1 Å². The molecule has 1 unspecified atom stereocenters. The SMILES string of the molecule is COC(=O)C(C)Sc1ccc(C(=O)C2CC2)cc1. The molecule has 0 amide bonds. The van der Waals surface area contributed by atoms with Crippen molar-refractivity contribution in [1.29, 1.82) is 0 Å². The molecule has 0 radical (unpaired) electrons. The monoisotopic (exact) mass is 264 g/mol. The maximum atomic E-state index is 11.8. The third kappa shape index (κ3) is 3.13. The van der Waals surface area contributed by atoms with Crippen LogP contribution in [0.15, 0.2) is 29.2 Å². The number of thioether (sulfide) groups is 1. The van der Waals surface area contributed by atoms with Gasteiger partial charge in [-0.2, -0.15) is 0 Å². The Bertz CT molecular complexity index is 449. The predicted molar refractivity (Wildman–Crippen MR) is 70.8 cm³/mol. The molecule has 3 nitrogen and oxygen atoms in total. The molecule has 96 valence electrons. The highest BCUT2D eigenvalue weighted by Crippen LogP contribution is 2.33. The highest BCUT2D eigenvalue weighted by atomic mass is 32.2. The van der Waals surface area contributed by atoms with Gasteiger partial charge in [0.1, 0.15) is 5.25 Å². The van der Waals surface area contributed by atoms with Crippen LogP contribution in [-0.4, -0.2) is 24.1 Å². The molecule has 1 saturated carbocycles. The summed E-state index contributed by atoms with van der Waals surface area (Å²) < 4.78 is 4.67. The summed E-state index contributed by atoms with van der Waals surface area (Å²) in [5.74, 6) is 0.253. The maximum absolute atomic E-state index is 11.8. The highest BCUT2D eigenvalue weighted by Gasteiger charge is 2.30. The van der Waals surface area contributed by atoms with Gasteiger partial charge in [0, 0.05) is 16.4 Å². The van der Waals surface area contributed by atoms with E-state index in [0.29, 0.717) is 0 Å². The number of methoxy groups -OCH3 is 1. The Morgan fingerprint density at radius 1 is 1.28 bits per heavy atom. The molecule has 0 bridgehead atoms. The average molecular weight is 264 g/mol. The van der Waals surface area contributed by atoms with E-state index < -0.39 is 0 Å². The number of carbonyl (C=O) groups is 2. The van der Waals surface area contributed by atoms with E-state index in [1.54, 1.807) is 6.92 Å². The Balaban J connectivity index is 1.99. The largest absolute Gasteiger partial charge is 0.468 e. The van der Waals surface area contributed by atoms with Gasteiger partial charge in [0.05, 0.1) is 7.11 Å². The van der Waals surface area contributed by atoms with Gasteiger partial charge in [-0.25, -0.2) is 0 Å². The number of esters is 1. The van der Waals surface area contributed by atoms with Gasteiger partial charge in [0.15, 0.2) is 5.78 Å². The van der Waals surface area contributed by atoms with E-state index in [1.807, 2.05) is 24.3 Å². The Morgan fingerprint density at radius 3 is 2.39 bits per heavy atom. The number of ketones is 1. The molecular weight excluding hydrogens is 248 g/mol. The molecule has 18 heavy (non-hydrogen) atoms. The number of ether oxygens (including phenoxy) is 1. The Kier molecular flexibility index (Phi) is 4.07. The molecule has 1 fully saturated rings. The van der Waals surface area contributed by atoms with Gasteiger partial charge in [-0.3, -0.25) is 9.59 Å². The van der Waals surface area contributed by atoms with Crippen LogP contribution < -0.4 is 0 Å². The van der Waals surface area contributed by atoms with Crippen molar-refractivity contribution in [2.75, 3.05) is 7.11 Å². The van der Waals surface area contributed by atoms with E-state index in [1.165, 1.54) is 18.9 Å². The molecule has 0 saturated heterocycles. The fraction of sp³-hybridized carbons (Fsp3) is 0.429. The van der Waals surface area contributed by atoms with Gasteiger partial charge in [-0.15, -0.1) is 11.8 Å². The molecule has 1 aromatic carbocycles. The van der Waals surface area contributed by atoms with Crippen molar-refractivity contribution >= 4 is 23.5 Å². The molecular formula is C14H16O3S. The van der Waals surface area contributed by atoms with Gasteiger partial charge >= 0.3 is 5.97 Å². The van der Waals surface area contributed by atoms with Gasteiger partial charge in [-0.05, 0) is 31.9 Å². The minimum absolute atomic E-state index is 0.236. The summed E-state index contributed by atoms with van der Waals surface area (Å²) in [6.45, 7) is 1.81. The third-order valence-electron chi connectivity index (χ3n) is 2.93. The van der Waals surface area contributed by atoms with Crippen LogP contribution in [0.2, 0.25) is 0 Å². The molecule has 2 rings (SSSR count). The molecule has 0 aliphatic heterocycles. The molecule has 1 aliphatic rings. The quantitative estimate of drug-likeness (QED) is 0.466. The predicted octanol–water partition coefficient (Wildman–Crippen LogP) is 2.93. The smallest absolute Gasteiger partial charge is 0.318 e. The van der Waals surface area contributed by atoms with E-state index >= 15 is 0 Å². The number of rotatable bonds is 5. The lowest BCUT2D eigenvalue weighted by molar-refractivity contribution is -0.139. The lowest BCUT2D eigenvalue weighted by Gasteiger charge is -2.09. The Hall–Kier alpha value is -1.29. The van der Waals surface area contributed by atoms with E-state index in [9.17, 15) is 9.59 Å². The fourth-order valence-electron chi connectivity index (χ4n) is 1.70. The van der Waals surface area contributed by atoms with Crippen LogP contribution in [0, 0.1) is 5.92 Å². The number of carbonyl (C=O) groups excluding carboxylic acids is 2. The minimum Gasteiger partial charge on any atom is -0.468 e. The first-order valence-corrected chi connectivity index (χ1v) is 6.88. The summed E-state index contributed by atoms with van der Waals surface area (Å²) in [5, 5.41) is -0.236. The average Bonchev–Trinajstić information content (AvgIpc) is 3.22. The van der Waals surface area contributed by atoms with Gasteiger partial charge in [0.2, 0.25) is 0 Å². The van der Waals surface area contributed by atoms with Gasteiger partial charge < -0.3 is 4.74 Å². The van der Waals surface area contributed by atoms with E-state index in [-0.39, 0.29) is 22.9 Å². The van der Waals surface area contributed by atoms with Crippen molar-refractivity contribution in [3.8, 4) is 0 Å². The molecule has 0 N–H and O–H groups in total. The topological polar surface area (TPSA) is 43.4 Å². The normalized spacial score (nSPS) is 16.1. The van der Waals surface area contributed by atoms with Crippen LogP contribution >= 0.6 is 11.8 Å². The van der Waals surface area contributed by atoms with E-state index in [2.05, 4.69) is 4.74 Å². The summed E-state index contributed by atoms with van der Waals surface area (Å²) in [7, 11) is 1.39. The Morgan fingerprint density at radius 2 is 1.89 bits per heavy atom. The molecule has 0 aromatic heterocycles. The van der Waals surface area contributed by atoms with Crippen molar-refractivity contribution in [3.63, 3.8) is 0 Å². The first-order valence-electron chi connectivity index (χ1n) is 6.00. The summed E-state index contributed by atoms with van der Waals surface area (Å²) in [6.07, 6.45) is 2.05. The Labute approximate surface area is 111 Å². The van der Waals surface area contributed by atoms with Gasteiger partial charge in [0.25, 0.3) is 0 Å². The second-order valence-electron chi connectivity index (χ2n) is 4.45. The summed E-state index contributed by atoms with van der Waals surface area (Å²) in [4.78, 5) is 24.1. The van der Waals surface area contributed by atoms with Crippen LogP contribution in [0.3, 0.4) is 0 Å². The number of hydrogen-bond donors (Lipinski definition) is 0. The van der Waals surface area contributed by atoms with Crippen LogP contribution in [0.1, 0.15) is 30.1 Å².